The largest absolute Gasteiger partial charge is 0.351 e. The van der Waals surface area contributed by atoms with Gasteiger partial charge in [0, 0.05) is 12.6 Å². The van der Waals surface area contributed by atoms with E-state index in [-0.39, 0.29) is 35.4 Å². The summed E-state index contributed by atoms with van der Waals surface area (Å²) in [7, 11) is -3.24. The Morgan fingerprint density at radius 3 is 2.42 bits per heavy atom. The van der Waals surface area contributed by atoms with Crippen molar-refractivity contribution in [1.29, 1.82) is 0 Å². The predicted molar refractivity (Wildman–Crippen MR) is 77.3 cm³/mol. The molecule has 1 aliphatic carbocycles. The summed E-state index contributed by atoms with van der Waals surface area (Å²) in [5.74, 6) is -0.677. The van der Waals surface area contributed by atoms with E-state index in [0.717, 1.165) is 51.6 Å². The molecule has 0 bridgehead atoms. The number of amides is 1. The van der Waals surface area contributed by atoms with Crippen LogP contribution in [0.15, 0.2) is 0 Å². The Hall–Kier alpha value is -0.330. The minimum Gasteiger partial charge on any atom is -0.351 e. The molecule has 1 unspecified atom stereocenters. The summed E-state index contributed by atoms with van der Waals surface area (Å²) in [5, 5.41) is 5.73. The Balaban J connectivity index is 0.00000180. The maximum Gasteiger partial charge on any atom is 0.235 e. The number of carbonyl (C=O) groups excluding carboxylic acids is 1. The molecule has 2 N–H and O–H groups in total. The van der Waals surface area contributed by atoms with Gasteiger partial charge in [-0.15, -0.1) is 12.4 Å². The van der Waals surface area contributed by atoms with Gasteiger partial charge in [-0.1, -0.05) is 12.8 Å². The van der Waals surface area contributed by atoms with Crippen LogP contribution >= 0.6 is 12.4 Å². The van der Waals surface area contributed by atoms with Gasteiger partial charge in [-0.25, -0.2) is 8.42 Å². The first-order valence-corrected chi connectivity index (χ1v) is 8.51. The molecular weight excluding hydrogens is 288 g/mol. The Kier molecular flexibility index (Phi) is 6.56. The van der Waals surface area contributed by atoms with Gasteiger partial charge >= 0.3 is 0 Å². The van der Waals surface area contributed by atoms with Crippen LogP contribution in [-0.2, 0) is 14.6 Å². The molecule has 1 heterocycles. The molecule has 2 rings (SSSR count). The molecule has 1 atom stereocenters. The van der Waals surface area contributed by atoms with E-state index in [0.29, 0.717) is 0 Å². The van der Waals surface area contributed by atoms with Gasteiger partial charge in [-0.2, -0.15) is 0 Å². The van der Waals surface area contributed by atoms with Crippen molar-refractivity contribution in [3.05, 3.63) is 0 Å². The number of rotatable bonds is 4. The second-order valence-corrected chi connectivity index (χ2v) is 7.61. The maximum atomic E-state index is 12.0. The number of piperidine rings is 1. The number of hydrogen-bond donors (Lipinski definition) is 2. The van der Waals surface area contributed by atoms with Crippen molar-refractivity contribution < 1.29 is 13.2 Å². The quantitative estimate of drug-likeness (QED) is 0.799. The number of carbonyl (C=O) groups is 1. The smallest absolute Gasteiger partial charge is 0.235 e. The molecule has 5 nitrogen and oxygen atoms in total. The third-order valence-corrected chi connectivity index (χ3v) is 5.96. The Bertz CT molecular complexity index is 388. The van der Waals surface area contributed by atoms with E-state index in [9.17, 15) is 13.2 Å². The van der Waals surface area contributed by atoms with Gasteiger partial charge in [0.1, 0.15) is 5.75 Å². The summed E-state index contributed by atoms with van der Waals surface area (Å²) in [4.78, 5) is 11.8. The molecule has 1 amide bonds. The Morgan fingerprint density at radius 2 is 1.84 bits per heavy atom. The van der Waals surface area contributed by atoms with Crippen molar-refractivity contribution in [1.82, 2.24) is 10.6 Å². The molecule has 112 valence electrons. The molecule has 7 heteroatoms. The van der Waals surface area contributed by atoms with Gasteiger partial charge in [-0.05, 0) is 32.2 Å². The summed E-state index contributed by atoms with van der Waals surface area (Å²) < 4.78 is 24.0. The number of hydrogen-bond acceptors (Lipinski definition) is 4. The molecule has 0 aromatic carbocycles. The molecule has 0 aromatic heterocycles. The van der Waals surface area contributed by atoms with Gasteiger partial charge in [0.15, 0.2) is 9.84 Å². The molecule has 1 aliphatic heterocycles. The van der Waals surface area contributed by atoms with E-state index in [4.69, 9.17) is 0 Å². The molecular formula is C12H23ClN2O3S. The van der Waals surface area contributed by atoms with Crippen molar-refractivity contribution in [2.75, 3.05) is 18.8 Å². The van der Waals surface area contributed by atoms with Crippen molar-refractivity contribution in [3.8, 4) is 0 Å². The first-order chi connectivity index (χ1) is 8.58. The van der Waals surface area contributed by atoms with Crippen molar-refractivity contribution in [3.63, 3.8) is 0 Å². The van der Waals surface area contributed by atoms with Crippen LogP contribution in [0.4, 0.5) is 0 Å². The Labute approximate surface area is 121 Å². The lowest BCUT2D eigenvalue weighted by Crippen LogP contribution is -2.47. The fourth-order valence-corrected chi connectivity index (χ4v) is 4.53. The summed E-state index contributed by atoms with van der Waals surface area (Å²) in [6.07, 6.45) is 5.35. The Morgan fingerprint density at radius 1 is 1.16 bits per heavy atom. The van der Waals surface area contributed by atoms with Crippen LogP contribution in [-0.4, -0.2) is 44.5 Å². The minimum absolute atomic E-state index is 0. The van der Waals surface area contributed by atoms with E-state index >= 15 is 0 Å². The standard InChI is InChI=1S/C12H22N2O3S.ClH/c15-12(14-10-4-3-7-13-8-10)9-18(16,17)11-5-1-2-6-11;/h10-11,13H,1-9H2,(H,14,15);1H. The SMILES string of the molecule is Cl.O=C(CS(=O)(=O)C1CCCC1)NC1CCCNC1. The highest BCUT2D eigenvalue weighted by atomic mass is 35.5. The molecule has 0 radical (unpaired) electrons. The summed E-state index contributed by atoms with van der Waals surface area (Å²) in [6.45, 7) is 1.72. The lowest BCUT2D eigenvalue weighted by molar-refractivity contribution is -0.119. The van der Waals surface area contributed by atoms with E-state index < -0.39 is 9.84 Å². The molecule has 2 fully saturated rings. The van der Waals surface area contributed by atoms with Crippen LogP contribution < -0.4 is 10.6 Å². The fraction of sp³-hybridized carbons (Fsp3) is 0.917. The van der Waals surface area contributed by atoms with Gasteiger partial charge in [0.05, 0.1) is 5.25 Å². The average Bonchev–Trinajstić information content (AvgIpc) is 2.83. The first-order valence-electron chi connectivity index (χ1n) is 6.79. The van der Waals surface area contributed by atoms with Crippen molar-refractivity contribution in [2.45, 2.75) is 49.8 Å². The van der Waals surface area contributed by atoms with E-state index in [1.165, 1.54) is 0 Å². The summed E-state index contributed by atoms with van der Waals surface area (Å²) >= 11 is 0. The number of nitrogens with one attached hydrogen (secondary N) is 2. The highest BCUT2D eigenvalue weighted by Crippen LogP contribution is 2.25. The van der Waals surface area contributed by atoms with Crippen LogP contribution in [0.3, 0.4) is 0 Å². The predicted octanol–water partition coefficient (Wildman–Crippen LogP) is 0.634. The third kappa shape index (κ3) is 4.93. The second-order valence-electron chi connectivity index (χ2n) is 5.32. The van der Waals surface area contributed by atoms with Crippen molar-refractivity contribution in [2.24, 2.45) is 0 Å². The first kappa shape index (κ1) is 16.7. The highest BCUT2D eigenvalue weighted by molar-refractivity contribution is 7.92. The summed E-state index contributed by atoms with van der Waals surface area (Å²) in [6, 6.07) is 0.0880. The van der Waals surface area contributed by atoms with Gasteiger partial charge in [0.2, 0.25) is 5.91 Å². The third-order valence-electron chi connectivity index (χ3n) is 3.80. The lowest BCUT2D eigenvalue weighted by atomic mass is 10.1. The van der Waals surface area contributed by atoms with Crippen LogP contribution in [0, 0.1) is 0 Å². The van der Waals surface area contributed by atoms with Crippen LogP contribution in [0.5, 0.6) is 0 Å². The van der Waals surface area contributed by atoms with Gasteiger partial charge in [0.25, 0.3) is 0 Å². The van der Waals surface area contributed by atoms with E-state index in [1.54, 1.807) is 0 Å². The zero-order valence-electron chi connectivity index (χ0n) is 11.1. The summed E-state index contributed by atoms with van der Waals surface area (Å²) in [5.41, 5.74) is 0. The minimum atomic E-state index is -3.24. The van der Waals surface area contributed by atoms with Crippen LogP contribution in [0.1, 0.15) is 38.5 Å². The molecule has 19 heavy (non-hydrogen) atoms. The fourth-order valence-electron chi connectivity index (χ4n) is 2.79. The molecule has 1 saturated heterocycles. The topological polar surface area (TPSA) is 75.3 Å². The molecule has 0 spiro atoms. The van der Waals surface area contributed by atoms with Gasteiger partial charge in [-0.3, -0.25) is 4.79 Å². The monoisotopic (exact) mass is 310 g/mol. The molecule has 2 aliphatic rings. The molecule has 1 saturated carbocycles. The zero-order valence-corrected chi connectivity index (χ0v) is 12.7. The maximum absolute atomic E-state index is 12.0. The number of halogens is 1. The van der Waals surface area contributed by atoms with E-state index in [1.807, 2.05) is 0 Å². The van der Waals surface area contributed by atoms with Crippen molar-refractivity contribution >= 4 is 28.2 Å². The molecule has 0 aromatic rings. The zero-order chi connectivity index (χ0) is 13.0. The lowest BCUT2D eigenvalue weighted by Gasteiger charge is -2.24. The second kappa shape index (κ2) is 7.45. The van der Waals surface area contributed by atoms with Crippen LogP contribution in [0.25, 0.3) is 0 Å². The van der Waals surface area contributed by atoms with E-state index in [2.05, 4.69) is 10.6 Å². The average molecular weight is 311 g/mol. The van der Waals surface area contributed by atoms with Gasteiger partial charge < -0.3 is 10.6 Å². The number of sulfone groups is 1. The van der Waals surface area contributed by atoms with Crippen LogP contribution in [0.2, 0.25) is 0 Å². The highest BCUT2D eigenvalue weighted by Gasteiger charge is 2.31. The normalized spacial score (nSPS) is 24.7.